The van der Waals surface area contributed by atoms with Gasteiger partial charge in [-0.25, -0.2) is 9.37 Å². The minimum Gasteiger partial charge on any atom is -0.489 e. The molecular formula is C33H37FN4O5. The lowest BCUT2D eigenvalue weighted by molar-refractivity contribution is -0.123. The van der Waals surface area contributed by atoms with Crippen LogP contribution >= 0.6 is 0 Å². The van der Waals surface area contributed by atoms with E-state index in [2.05, 4.69) is 15.2 Å². The molecule has 0 radical (unpaired) electrons. The number of benzene rings is 2. The van der Waals surface area contributed by atoms with Crippen molar-refractivity contribution in [3.05, 3.63) is 71.2 Å². The fourth-order valence-corrected chi connectivity index (χ4v) is 5.62. The number of amides is 2. The van der Waals surface area contributed by atoms with Crippen LogP contribution in [0.1, 0.15) is 67.6 Å². The molecule has 3 aromatic rings. The van der Waals surface area contributed by atoms with Crippen molar-refractivity contribution < 1.29 is 28.6 Å². The van der Waals surface area contributed by atoms with Crippen LogP contribution in [0.3, 0.4) is 0 Å². The summed E-state index contributed by atoms with van der Waals surface area (Å²) >= 11 is 0. The Bertz CT molecular complexity index is 1550. The fourth-order valence-electron chi connectivity index (χ4n) is 5.62. The van der Waals surface area contributed by atoms with Crippen molar-refractivity contribution in [2.24, 2.45) is 5.73 Å². The second-order valence-electron chi connectivity index (χ2n) is 12.2. The average molecular weight is 589 g/mol. The Hall–Kier alpha value is -4.18. The van der Waals surface area contributed by atoms with Gasteiger partial charge in [0.15, 0.2) is 0 Å². The van der Waals surface area contributed by atoms with Gasteiger partial charge in [-0.2, -0.15) is 0 Å². The largest absolute Gasteiger partial charge is 0.489 e. The number of hydrogen-bond donors (Lipinski definition) is 3. The zero-order chi connectivity index (χ0) is 30.4. The lowest BCUT2D eigenvalue weighted by atomic mass is 9.82. The SMILES string of the molecule is C[C@](O)(CNC(=O)c1ccc(N2CCCCC2)c(OC2CC2)c1)c1cc2c(c(-c3ccc(F)cc3)n1)OC[C@]2(C)C(N)=O. The molecule has 0 bridgehead atoms. The number of carbonyl (C=O) groups excluding carboxylic acids is 2. The lowest BCUT2D eigenvalue weighted by Gasteiger charge is -2.30. The Labute approximate surface area is 250 Å². The van der Waals surface area contributed by atoms with Crippen molar-refractivity contribution in [1.29, 1.82) is 0 Å². The number of anilines is 1. The fraction of sp³-hybridized carbons (Fsp3) is 0.424. The predicted octanol–water partition coefficient (Wildman–Crippen LogP) is 4.19. The van der Waals surface area contributed by atoms with E-state index < -0.39 is 22.7 Å². The zero-order valence-corrected chi connectivity index (χ0v) is 24.5. The van der Waals surface area contributed by atoms with E-state index in [4.69, 9.17) is 15.2 Å². The van der Waals surface area contributed by atoms with Gasteiger partial charge in [0.05, 0.1) is 24.0 Å². The van der Waals surface area contributed by atoms with Crippen LogP contribution in [0.2, 0.25) is 0 Å². The van der Waals surface area contributed by atoms with Crippen molar-refractivity contribution in [1.82, 2.24) is 10.3 Å². The van der Waals surface area contributed by atoms with Gasteiger partial charge >= 0.3 is 0 Å². The van der Waals surface area contributed by atoms with E-state index in [1.165, 1.54) is 25.5 Å². The Morgan fingerprint density at radius 3 is 2.56 bits per heavy atom. The molecule has 3 heterocycles. The first-order valence-electron chi connectivity index (χ1n) is 14.9. The van der Waals surface area contributed by atoms with Gasteiger partial charge in [-0.05, 0) is 94.5 Å². The first-order chi connectivity index (χ1) is 20.5. The minimum atomic E-state index is -1.64. The molecule has 9 nitrogen and oxygen atoms in total. The molecule has 1 aromatic heterocycles. The molecule has 0 unspecified atom stereocenters. The highest BCUT2D eigenvalue weighted by Gasteiger charge is 2.45. The van der Waals surface area contributed by atoms with Gasteiger partial charge in [0.2, 0.25) is 5.91 Å². The molecule has 1 aliphatic carbocycles. The van der Waals surface area contributed by atoms with Crippen molar-refractivity contribution in [3.63, 3.8) is 0 Å². The summed E-state index contributed by atoms with van der Waals surface area (Å²) in [6, 6.07) is 12.8. The maximum absolute atomic E-state index is 13.7. The molecule has 2 atom stereocenters. The number of nitrogens with one attached hydrogen (secondary N) is 1. The standard InChI is InChI=1S/C33H37FN4O5/c1-32(31(35)40)19-42-29-24(32)17-27(37-28(29)20-6-9-22(34)10-7-20)33(2,41)18-36-30(39)21-8-13-25(38-14-4-3-5-15-38)26(16-21)43-23-11-12-23/h6-10,13,16-17,23,41H,3-5,11-12,14-15,18-19H2,1-2H3,(H2,35,40)(H,36,39)/t32-,33-/m0/s1. The van der Waals surface area contributed by atoms with Crippen LogP contribution in [0.4, 0.5) is 10.1 Å². The molecule has 2 fully saturated rings. The van der Waals surface area contributed by atoms with E-state index >= 15 is 0 Å². The number of aromatic nitrogens is 1. The van der Waals surface area contributed by atoms with Crippen molar-refractivity contribution >= 4 is 17.5 Å². The third-order valence-corrected chi connectivity index (χ3v) is 8.62. The van der Waals surface area contributed by atoms with Gasteiger partial charge in [0, 0.05) is 29.8 Å². The molecule has 3 aliphatic rings. The van der Waals surface area contributed by atoms with E-state index in [-0.39, 0.29) is 30.9 Å². The Morgan fingerprint density at radius 2 is 1.88 bits per heavy atom. The van der Waals surface area contributed by atoms with E-state index in [9.17, 15) is 19.1 Å². The third kappa shape index (κ3) is 5.76. The van der Waals surface area contributed by atoms with Crippen LogP contribution in [0.5, 0.6) is 11.5 Å². The number of fused-ring (bicyclic) bond motifs is 1. The number of pyridine rings is 1. The number of halogens is 1. The van der Waals surface area contributed by atoms with Gasteiger partial charge in [0.25, 0.3) is 5.91 Å². The van der Waals surface area contributed by atoms with Crippen LogP contribution in [-0.2, 0) is 15.8 Å². The molecule has 10 heteroatoms. The summed E-state index contributed by atoms with van der Waals surface area (Å²) in [7, 11) is 0. The monoisotopic (exact) mass is 588 g/mol. The second kappa shape index (κ2) is 11.1. The number of hydrogen-bond acceptors (Lipinski definition) is 7. The number of carbonyl (C=O) groups is 2. The molecule has 2 aliphatic heterocycles. The summed E-state index contributed by atoms with van der Waals surface area (Å²) in [6.45, 7) is 4.97. The van der Waals surface area contributed by atoms with Gasteiger partial charge in [-0.3, -0.25) is 9.59 Å². The number of ether oxygens (including phenoxy) is 2. The van der Waals surface area contributed by atoms with Crippen LogP contribution in [-0.4, -0.2) is 54.2 Å². The number of nitrogens with two attached hydrogens (primary N) is 1. The highest BCUT2D eigenvalue weighted by atomic mass is 19.1. The second-order valence-corrected chi connectivity index (χ2v) is 12.2. The van der Waals surface area contributed by atoms with Crippen LogP contribution < -0.4 is 25.4 Å². The summed E-state index contributed by atoms with van der Waals surface area (Å²) in [4.78, 5) is 32.8. The molecule has 1 saturated carbocycles. The molecule has 1 saturated heterocycles. The Morgan fingerprint density at radius 1 is 1.16 bits per heavy atom. The molecule has 6 rings (SSSR count). The summed E-state index contributed by atoms with van der Waals surface area (Å²) in [5, 5.41) is 14.4. The van der Waals surface area contributed by atoms with Gasteiger partial charge in [-0.15, -0.1) is 0 Å². The molecule has 226 valence electrons. The van der Waals surface area contributed by atoms with Crippen molar-refractivity contribution in [2.45, 2.75) is 63.1 Å². The van der Waals surface area contributed by atoms with Crippen molar-refractivity contribution in [3.8, 4) is 22.8 Å². The molecular weight excluding hydrogens is 551 g/mol. The smallest absolute Gasteiger partial charge is 0.251 e. The van der Waals surface area contributed by atoms with Crippen LogP contribution in [0.25, 0.3) is 11.3 Å². The molecule has 4 N–H and O–H groups in total. The molecule has 43 heavy (non-hydrogen) atoms. The van der Waals surface area contributed by atoms with E-state index in [0.29, 0.717) is 33.9 Å². The first-order valence-corrected chi connectivity index (χ1v) is 14.9. The summed E-state index contributed by atoms with van der Waals surface area (Å²) in [5.41, 5.74) is 5.98. The topological polar surface area (TPSA) is 127 Å². The average Bonchev–Trinajstić information content (AvgIpc) is 3.76. The highest BCUT2D eigenvalue weighted by Crippen LogP contribution is 2.45. The number of rotatable bonds is 9. The summed E-state index contributed by atoms with van der Waals surface area (Å²) in [5.74, 6) is -0.300. The predicted molar refractivity (Wildman–Crippen MR) is 160 cm³/mol. The molecule has 2 amide bonds. The van der Waals surface area contributed by atoms with E-state index in [1.807, 2.05) is 6.07 Å². The maximum atomic E-state index is 13.7. The number of nitrogens with zero attached hydrogens (tertiary/aromatic N) is 2. The summed E-state index contributed by atoms with van der Waals surface area (Å²) < 4.78 is 25.8. The van der Waals surface area contributed by atoms with Gasteiger partial charge in [-0.1, -0.05) is 0 Å². The van der Waals surface area contributed by atoms with Crippen molar-refractivity contribution in [2.75, 3.05) is 31.1 Å². The molecule has 0 spiro atoms. The zero-order valence-electron chi connectivity index (χ0n) is 24.5. The van der Waals surface area contributed by atoms with Crippen LogP contribution in [0.15, 0.2) is 48.5 Å². The van der Waals surface area contributed by atoms with Gasteiger partial charge in [0.1, 0.15) is 40.6 Å². The van der Waals surface area contributed by atoms with E-state index in [0.717, 1.165) is 44.5 Å². The maximum Gasteiger partial charge on any atom is 0.251 e. The molecule has 2 aromatic carbocycles. The lowest BCUT2D eigenvalue weighted by Crippen LogP contribution is -2.41. The highest BCUT2D eigenvalue weighted by molar-refractivity contribution is 5.95. The normalized spacial score (nSPS) is 21.0. The number of aliphatic hydroxyl groups is 1. The number of piperidine rings is 1. The Kier molecular flexibility index (Phi) is 7.50. The first kappa shape index (κ1) is 28.9. The quantitative estimate of drug-likeness (QED) is 0.342. The van der Waals surface area contributed by atoms with Gasteiger partial charge < -0.3 is 30.5 Å². The Balaban J connectivity index is 1.27. The van der Waals surface area contributed by atoms with E-state index in [1.54, 1.807) is 37.3 Å². The van der Waals surface area contributed by atoms with Crippen LogP contribution in [0, 0.1) is 5.82 Å². The summed E-state index contributed by atoms with van der Waals surface area (Å²) in [6.07, 6.45) is 5.67. The number of primary amides is 1. The third-order valence-electron chi connectivity index (χ3n) is 8.62. The minimum absolute atomic E-state index is 0.00849.